The van der Waals surface area contributed by atoms with Gasteiger partial charge in [-0.05, 0) is 49.7 Å². The molecule has 0 saturated carbocycles. The third kappa shape index (κ3) is 6.18. The van der Waals surface area contributed by atoms with Crippen LogP contribution >= 0.6 is 0 Å². The lowest BCUT2D eigenvalue weighted by Gasteiger charge is -2.34. The maximum atomic E-state index is 12.9. The van der Waals surface area contributed by atoms with E-state index in [2.05, 4.69) is 0 Å². The average molecular weight is 488 g/mol. The van der Waals surface area contributed by atoms with E-state index in [4.69, 9.17) is 19.5 Å². The molecule has 0 spiro atoms. The van der Waals surface area contributed by atoms with Crippen molar-refractivity contribution in [2.24, 2.45) is 0 Å². The van der Waals surface area contributed by atoms with Crippen LogP contribution in [-0.2, 0) is 14.8 Å². The summed E-state index contributed by atoms with van der Waals surface area (Å²) in [6.45, 7) is 3.89. The van der Waals surface area contributed by atoms with Crippen LogP contribution in [0.2, 0.25) is 0 Å². The SMILES string of the molecule is CCOc1ccc(S(=O)(=O)N2CCN(C(=O)CCCOc3ccc(C#N)cc3OC)CC2)cc1. The lowest BCUT2D eigenvalue weighted by Crippen LogP contribution is -2.50. The summed E-state index contributed by atoms with van der Waals surface area (Å²) >= 11 is 0. The van der Waals surface area contributed by atoms with Crippen molar-refractivity contribution < 1.29 is 27.4 Å². The van der Waals surface area contributed by atoms with Crippen LogP contribution in [0, 0.1) is 11.3 Å². The van der Waals surface area contributed by atoms with E-state index in [0.29, 0.717) is 62.0 Å². The van der Waals surface area contributed by atoms with Crippen molar-refractivity contribution in [2.45, 2.75) is 24.7 Å². The van der Waals surface area contributed by atoms with Gasteiger partial charge in [-0.3, -0.25) is 4.79 Å². The number of nitriles is 1. The summed E-state index contributed by atoms with van der Waals surface area (Å²) in [7, 11) is -2.12. The molecule has 0 radical (unpaired) electrons. The molecule has 0 unspecified atom stereocenters. The van der Waals surface area contributed by atoms with Gasteiger partial charge in [0.1, 0.15) is 5.75 Å². The fourth-order valence-corrected chi connectivity index (χ4v) is 5.04. The molecule has 0 aliphatic carbocycles. The topological polar surface area (TPSA) is 109 Å². The third-order valence-corrected chi connectivity index (χ3v) is 7.36. The Hall–Kier alpha value is -3.29. The summed E-state index contributed by atoms with van der Waals surface area (Å²) in [4.78, 5) is 14.5. The molecule has 0 aromatic heterocycles. The van der Waals surface area contributed by atoms with Gasteiger partial charge in [0, 0.05) is 38.7 Å². The van der Waals surface area contributed by atoms with Crippen molar-refractivity contribution in [2.75, 3.05) is 46.5 Å². The van der Waals surface area contributed by atoms with E-state index in [1.807, 2.05) is 13.0 Å². The van der Waals surface area contributed by atoms with Gasteiger partial charge in [-0.25, -0.2) is 8.42 Å². The molecule has 9 nitrogen and oxygen atoms in total. The average Bonchev–Trinajstić information content (AvgIpc) is 2.87. The van der Waals surface area contributed by atoms with Crippen LogP contribution in [0.1, 0.15) is 25.3 Å². The molecule has 2 aromatic rings. The van der Waals surface area contributed by atoms with Crippen molar-refractivity contribution in [1.82, 2.24) is 9.21 Å². The van der Waals surface area contributed by atoms with E-state index in [1.54, 1.807) is 47.4 Å². The first-order valence-electron chi connectivity index (χ1n) is 11.1. The molecular formula is C24H29N3O6S. The predicted molar refractivity (Wildman–Crippen MR) is 125 cm³/mol. The Labute approximate surface area is 200 Å². The molecule has 1 fully saturated rings. The Balaban J connectivity index is 1.45. The first-order valence-corrected chi connectivity index (χ1v) is 12.5. The number of sulfonamides is 1. The summed E-state index contributed by atoms with van der Waals surface area (Å²) in [5, 5.41) is 8.96. The number of amides is 1. The summed E-state index contributed by atoms with van der Waals surface area (Å²) in [6, 6.07) is 13.3. The van der Waals surface area contributed by atoms with Gasteiger partial charge in [0.2, 0.25) is 15.9 Å². The zero-order valence-electron chi connectivity index (χ0n) is 19.4. The van der Waals surface area contributed by atoms with Gasteiger partial charge in [-0.1, -0.05) is 0 Å². The van der Waals surface area contributed by atoms with E-state index < -0.39 is 10.0 Å². The summed E-state index contributed by atoms with van der Waals surface area (Å²) in [5.41, 5.74) is 0.475. The van der Waals surface area contributed by atoms with Crippen LogP contribution in [0.15, 0.2) is 47.4 Å². The highest BCUT2D eigenvalue weighted by Gasteiger charge is 2.30. The predicted octanol–water partition coefficient (Wildman–Crippen LogP) is 2.66. The van der Waals surface area contributed by atoms with E-state index >= 15 is 0 Å². The second kappa shape index (κ2) is 11.7. The second-order valence-corrected chi connectivity index (χ2v) is 9.56. The zero-order chi connectivity index (χ0) is 24.6. The number of rotatable bonds is 10. The monoisotopic (exact) mass is 487 g/mol. The number of ether oxygens (including phenoxy) is 3. The molecule has 2 aromatic carbocycles. The van der Waals surface area contributed by atoms with E-state index in [0.717, 1.165) is 0 Å². The standard InChI is InChI=1S/C24H29N3O6S/c1-3-32-20-7-9-21(10-8-20)34(29,30)27-14-12-26(13-15-27)24(28)5-4-16-33-22-11-6-19(18-25)17-23(22)31-2/h6-11,17H,3-5,12-16H2,1-2H3. The molecule has 182 valence electrons. The number of nitrogens with zero attached hydrogens (tertiary/aromatic N) is 3. The highest BCUT2D eigenvalue weighted by Crippen LogP contribution is 2.28. The van der Waals surface area contributed by atoms with Gasteiger partial charge in [-0.2, -0.15) is 9.57 Å². The molecule has 1 aliphatic heterocycles. The van der Waals surface area contributed by atoms with Gasteiger partial charge < -0.3 is 19.1 Å². The Morgan fingerprint density at radius 3 is 2.35 bits per heavy atom. The fourth-order valence-electron chi connectivity index (χ4n) is 3.62. The van der Waals surface area contributed by atoms with Crippen LogP contribution in [0.3, 0.4) is 0 Å². The van der Waals surface area contributed by atoms with Crippen LogP contribution in [0.25, 0.3) is 0 Å². The molecule has 1 saturated heterocycles. The quantitative estimate of drug-likeness (QED) is 0.474. The molecule has 0 atom stereocenters. The molecule has 10 heteroatoms. The highest BCUT2D eigenvalue weighted by molar-refractivity contribution is 7.89. The largest absolute Gasteiger partial charge is 0.494 e. The Kier molecular flexibility index (Phi) is 8.73. The van der Waals surface area contributed by atoms with Gasteiger partial charge in [0.25, 0.3) is 0 Å². The molecule has 0 bridgehead atoms. The van der Waals surface area contributed by atoms with Crippen LogP contribution in [-0.4, -0.2) is 70.0 Å². The van der Waals surface area contributed by atoms with Gasteiger partial charge in [-0.15, -0.1) is 0 Å². The van der Waals surface area contributed by atoms with Crippen LogP contribution in [0.5, 0.6) is 17.2 Å². The van der Waals surface area contributed by atoms with Crippen LogP contribution < -0.4 is 14.2 Å². The summed E-state index contributed by atoms with van der Waals surface area (Å²) in [5.74, 6) is 1.57. The number of piperazine rings is 1. The number of hydrogen-bond donors (Lipinski definition) is 0. The second-order valence-electron chi connectivity index (χ2n) is 7.62. The van der Waals surface area contributed by atoms with E-state index in [1.165, 1.54) is 11.4 Å². The minimum Gasteiger partial charge on any atom is -0.494 e. The highest BCUT2D eigenvalue weighted by atomic mass is 32.2. The van der Waals surface area contributed by atoms with E-state index in [9.17, 15) is 13.2 Å². The Morgan fingerprint density at radius 1 is 1.03 bits per heavy atom. The number of hydrogen-bond acceptors (Lipinski definition) is 7. The third-order valence-electron chi connectivity index (χ3n) is 5.45. The maximum Gasteiger partial charge on any atom is 0.243 e. The smallest absolute Gasteiger partial charge is 0.243 e. The van der Waals surface area contributed by atoms with Crippen LogP contribution in [0.4, 0.5) is 0 Å². The number of carbonyl (C=O) groups excluding carboxylic acids is 1. The molecule has 0 N–H and O–H groups in total. The lowest BCUT2D eigenvalue weighted by molar-refractivity contribution is -0.132. The molecule has 3 rings (SSSR count). The molecule has 1 aliphatic rings. The number of methoxy groups -OCH3 is 1. The molecule has 1 amide bonds. The summed E-state index contributed by atoms with van der Waals surface area (Å²) < 4.78 is 43.5. The first-order chi connectivity index (χ1) is 16.4. The molecule has 34 heavy (non-hydrogen) atoms. The normalized spacial score (nSPS) is 14.3. The fraction of sp³-hybridized carbons (Fsp3) is 0.417. The lowest BCUT2D eigenvalue weighted by atomic mass is 10.2. The molecular weight excluding hydrogens is 458 g/mol. The van der Waals surface area contributed by atoms with Gasteiger partial charge >= 0.3 is 0 Å². The zero-order valence-corrected chi connectivity index (χ0v) is 20.2. The number of carbonyl (C=O) groups is 1. The number of benzene rings is 2. The van der Waals surface area contributed by atoms with Crippen molar-refractivity contribution in [3.8, 4) is 23.3 Å². The van der Waals surface area contributed by atoms with Crippen molar-refractivity contribution in [3.05, 3.63) is 48.0 Å². The summed E-state index contributed by atoms with van der Waals surface area (Å²) in [6.07, 6.45) is 0.802. The minimum absolute atomic E-state index is 0.0338. The minimum atomic E-state index is -3.62. The van der Waals surface area contributed by atoms with E-state index in [-0.39, 0.29) is 23.9 Å². The Bertz CT molecular complexity index is 1120. The molecule has 1 heterocycles. The van der Waals surface area contributed by atoms with Crippen molar-refractivity contribution in [1.29, 1.82) is 5.26 Å². The van der Waals surface area contributed by atoms with Crippen molar-refractivity contribution in [3.63, 3.8) is 0 Å². The maximum absolute atomic E-state index is 12.9. The first kappa shape index (κ1) is 25.3. The Morgan fingerprint density at radius 2 is 1.74 bits per heavy atom. The van der Waals surface area contributed by atoms with Gasteiger partial charge in [0.05, 0.1) is 36.9 Å². The van der Waals surface area contributed by atoms with Crippen molar-refractivity contribution >= 4 is 15.9 Å². The van der Waals surface area contributed by atoms with Gasteiger partial charge in [0.15, 0.2) is 11.5 Å².